The highest BCUT2D eigenvalue weighted by Gasteiger charge is 2.12. The van der Waals surface area contributed by atoms with Crippen molar-refractivity contribution in [2.24, 2.45) is 0 Å². The lowest BCUT2D eigenvalue weighted by atomic mass is 10.4. The largest absolute Gasteiger partial charge is 0.418 e. The van der Waals surface area contributed by atoms with E-state index >= 15 is 0 Å². The summed E-state index contributed by atoms with van der Waals surface area (Å²) in [6, 6.07) is 0. The molecule has 0 aromatic rings. The van der Waals surface area contributed by atoms with Gasteiger partial charge in [-0.3, -0.25) is 0 Å². The van der Waals surface area contributed by atoms with E-state index in [9.17, 15) is 4.79 Å². The second-order valence-electron chi connectivity index (χ2n) is 3.27. The summed E-state index contributed by atoms with van der Waals surface area (Å²) >= 11 is 0. The predicted molar refractivity (Wildman–Crippen MR) is 44.6 cm³/mol. The fraction of sp³-hybridized carbons (Fsp3) is 0.857. The Labute approximate surface area is 63.7 Å². The quantitative estimate of drug-likeness (QED) is 0.348. The zero-order valence-electron chi connectivity index (χ0n) is 7.02. The second-order valence-corrected chi connectivity index (χ2v) is 7.78. The van der Waals surface area contributed by atoms with Crippen LogP contribution in [-0.2, 0) is 9.22 Å². The van der Waals surface area contributed by atoms with Gasteiger partial charge in [-0.1, -0.05) is 0 Å². The molecule has 0 amide bonds. The Hall–Kier alpha value is -0.153. The number of rotatable bonds is 5. The molecule has 2 nitrogen and oxygen atoms in total. The van der Waals surface area contributed by atoms with Gasteiger partial charge in [0.1, 0.15) is 6.29 Å². The van der Waals surface area contributed by atoms with Gasteiger partial charge < -0.3 is 9.22 Å². The van der Waals surface area contributed by atoms with Gasteiger partial charge in [-0.15, -0.1) is 0 Å². The number of aldehydes is 1. The van der Waals surface area contributed by atoms with E-state index in [1.807, 2.05) is 0 Å². The van der Waals surface area contributed by atoms with Crippen molar-refractivity contribution in [3.8, 4) is 0 Å². The van der Waals surface area contributed by atoms with Crippen molar-refractivity contribution in [2.75, 3.05) is 6.61 Å². The third-order valence-electron chi connectivity index (χ3n) is 1.00. The zero-order chi connectivity index (χ0) is 8.04. The number of hydrogen-bond donors (Lipinski definition) is 0. The summed E-state index contributed by atoms with van der Waals surface area (Å²) in [7, 11) is -1.32. The first-order valence-electron chi connectivity index (χ1n) is 3.64. The predicted octanol–water partition coefficient (Wildman–Crippen LogP) is 1.82. The first-order valence-corrected chi connectivity index (χ1v) is 7.04. The maximum Gasteiger partial charge on any atom is 0.183 e. The van der Waals surface area contributed by atoms with E-state index in [0.29, 0.717) is 6.42 Å². The van der Waals surface area contributed by atoms with Crippen LogP contribution in [-0.4, -0.2) is 21.2 Å². The number of unbranched alkanes of at least 4 members (excludes halogenated alkanes) is 1. The molecular formula is C7H16O2Si. The highest BCUT2D eigenvalue weighted by Crippen LogP contribution is 2.02. The van der Waals surface area contributed by atoms with Crippen molar-refractivity contribution in [1.82, 2.24) is 0 Å². The van der Waals surface area contributed by atoms with Gasteiger partial charge in [-0.05, 0) is 26.1 Å². The SMILES string of the molecule is C[Si](C)(C)OCCCC=O. The summed E-state index contributed by atoms with van der Waals surface area (Å²) in [5, 5.41) is 0. The molecule has 0 N–H and O–H groups in total. The highest BCUT2D eigenvalue weighted by atomic mass is 28.4. The lowest BCUT2D eigenvalue weighted by molar-refractivity contribution is -0.108. The van der Waals surface area contributed by atoms with E-state index in [1.54, 1.807) is 0 Å². The second kappa shape index (κ2) is 4.63. The van der Waals surface area contributed by atoms with Crippen molar-refractivity contribution in [2.45, 2.75) is 32.5 Å². The number of carbonyl (C=O) groups excluding carboxylic acids is 1. The molecule has 0 aliphatic heterocycles. The first kappa shape index (κ1) is 9.85. The van der Waals surface area contributed by atoms with Crippen LogP contribution in [0.25, 0.3) is 0 Å². The van der Waals surface area contributed by atoms with E-state index in [4.69, 9.17) is 4.43 Å². The van der Waals surface area contributed by atoms with Gasteiger partial charge in [0, 0.05) is 13.0 Å². The average molecular weight is 160 g/mol. The van der Waals surface area contributed by atoms with Crippen LogP contribution < -0.4 is 0 Å². The van der Waals surface area contributed by atoms with Crippen LogP contribution >= 0.6 is 0 Å². The van der Waals surface area contributed by atoms with Crippen molar-refractivity contribution >= 4 is 14.6 Å². The minimum atomic E-state index is -1.32. The fourth-order valence-corrected chi connectivity index (χ4v) is 1.30. The molecule has 0 aromatic carbocycles. The summed E-state index contributed by atoms with van der Waals surface area (Å²) < 4.78 is 5.51. The topological polar surface area (TPSA) is 26.3 Å². The molecular weight excluding hydrogens is 144 g/mol. The van der Waals surface area contributed by atoms with Crippen molar-refractivity contribution < 1.29 is 9.22 Å². The van der Waals surface area contributed by atoms with Crippen LogP contribution in [0.5, 0.6) is 0 Å². The van der Waals surface area contributed by atoms with Crippen LogP contribution in [0.2, 0.25) is 19.6 Å². The molecule has 0 rings (SSSR count). The summed E-state index contributed by atoms with van der Waals surface area (Å²) in [6.07, 6.45) is 2.44. The molecule has 0 radical (unpaired) electrons. The summed E-state index contributed by atoms with van der Waals surface area (Å²) in [4.78, 5) is 9.89. The van der Waals surface area contributed by atoms with Crippen LogP contribution in [0, 0.1) is 0 Å². The lowest BCUT2D eigenvalue weighted by Crippen LogP contribution is -2.25. The van der Waals surface area contributed by atoms with Crippen LogP contribution in [0.3, 0.4) is 0 Å². The minimum absolute atomic E-state index is 0.629. The molecule has 10 heavy (non-hydrogen) atoms. The Morgan fingerprint density at radius 1 is 1.40 bits per heavy atom. The zero-order valence-corrected chi connectivity index (χ0v) is 8.02. The molecule has 0 aromatic heterocycles. The maximum atomic E-state index is 9.89. The maximum absolute atomic E-state index is 9.89. The summed E-state index contributed by atoms with van der Waals surface area (Å²) in [6.45, 7) is 7.18. The van der Waals surface area contributed by atoms with Gasteiger partial charge >= 0.3 is 0 Å². The monoisotopic (exact) mass is 160 g/mol. The number of carbonyl (C=O) groups is 1. The van der Waals surface area contributed by atoms with Gasteiger partial charge in [0.25, 0.3) is 0 Å². The molecule has 60 valence electrons. The molecule has 0 unspecified atom stereocenters. The van der Waals surface area contributed by atoms with E-state index in [0.717, 1.165) is 19.3 Å². The fourth-order valence-electron chi connectivity index (χ4n) is 0.545. The smallest absolute Gasteiger partial charge is 0.183 e. The molecule has 0 saturated carbocycles. The van der Waals surface area contributed by atoms with E-state index in [2.05, 4.69) is 19.6 Å². The minimum Gasteiger partial charge on any atom is -0.418 e. The Bertz CT molecular complexity index is 96.3. The lowest BCUT2D eigenvalue weighted by Gasteiger charge is -2.16. The van der Waals surface area contributed by atoms with Crippen LogP contribution in [0.15, 0.2) is 0 Å². The van der Waals surface area contributed by atoms with Gasteiger partial charge in [0.2, 0.25) is 0 Å². The molecule has 3 heteroatoms. The number of hydrogen-bond acceptors (Lipinski definition) is 2. The molecule has 0 atom stereocenters. The Kier molecular flexibility index (Phi) is 4.56. The standard InChI is InChI=1S/C7H16O2Si/c1-10(2,3)9-7-5-4-6-8/h6H,4-5,7H2,1-3H3. The van der Waals surface area contributed by atoms with Crippen molar-refractivity contribution in [3.63, 3.8) is 0 Å². The normalized spacial score (nSPS) is 11.5. The third-order valence-corrected chi connectivity index (χ3v) is 2.07. The third kappa shape index (κ3) is 7.85. The van der Waals surface area contributed by atoms with Gasteiger partial charge in [-0.25, -0.2) is 0 Å². The molecule has 0 spiro atoms. The first-order chi connectivity index (χ1) is 4.56. The molecule has 0 aliphatic rings. The molecule has 0 bridgehead atoms. The average Bonchev–Trinajstić information content (AvgIpc) is 1.78. The van der Waals surface area contributed by atoms with Gasteiger partial charge in [-0.2, -0.15) is 0 Å². The summed E-state index contributed by atoms with van der Waals surface area (Å²) in [5.74, 6) is 0. The van der Waals surface area contributed by atoms with E-state index < -0.39 is 8.32 Å². The Balaban J connectivity index is 3.12. The van der Waals surface area contributed by atoms with Gasteiger partial charge in [0.15, 0.2) is 8.32 Å². The Morgan fingerprint density at radius 2 is 2.00 bits per heavy atom. The molecule has 0 saturated heterocycles. The van der Waals surface area contributed by atoms with Gasteiger partial charge in [0.05, 0.1) is 0 Å². The molecule has 0 aliphatic carbocycles. The van der Waals surface area contributed by atoms with E-state index in [1.165, 1.54) is 0 Å². The van der Waals surface area contributed by atoms with Crippen molar-refractivity contribution in [3.05, 3.63) is 0 Å². The highest BCUT2D eigenvalue weighted by molar-refractivity contribution is 6.69. The Morgan fingerprint density at radius 3 is 2.40 bits per heavy atom. The summed E-state index contributed by atoms with van der Waals surface area (Å²) in [5.41, 5.74) is 0. The van der Waals surface area contributed by atoms with E-state index in [-0.39, 0.29) is 0 Å². The van der Waals surface area contributed by atoms with Crippen LogP contribution in [0.1, 0.15) is 12.8 Å². The molecule has 0 fully saturated rings. The van der Waals surface area contributed by atoms with Crippen LogP contribution in [0.4, 0.5) is 0 Å². The van der Waals surface area contributed by atoms with Crippen molar-refractivity contribution in [1.29, 1.82) is 0 Å². The molecule has 0 heterocycles.